The number of halogens is 1. The summed E-state index contributed by atoms with van der Waals surface area (Å²) in [4.78, 5) is 12.4. The van der Waals surface area contributed by atoms with Gasteiger partial charge < -0.3 is 5.32 Å². The van der Waals surface area contributed by atoms with Gasteiger partial charge in [0.15, 0.2) is 0 Å². The summed E-state index contributed by atoms with van der Waals surface area (Å²) in [6, 6.07) is 19.9. The molecular weight excluding hydrogens is 464 g/mol. The average molecular weight is 487 g/mol. The van der Waals surface area contributed by atoms with Gasteiger partial charge in [-0.1, -0.05) is 40.2 Å². The van der Waals surface area contributed by atoms with Crippen LogP contribution in [0.25, 0.3) is 0 Å². The highest BCUT2D eigenvalue weighted by Crippen LogP contribution is 2.24. The Morgan fingerprint density at radius 2 is 1.67 bits per heavy atom. The van der Waals surface area contributed by atoms with Crippen LogP contribution in [0.15, 0.2) is 71.2 Å². The van der Waals surface area contributed by atoms with Crippen LogP contribution in [0, 0.1) is 13.8 Å². The summed E-state index contributed by atoms with van der Waals surface area (Å²) in [5.41, 5.74) is 4.78. The van der Waals surface area contributed by atoms with E-state index in [1.165, 1.54) is 10.6 Å². The van der Waals surface area contributed by atoms with Crippen molar-refractivity contribution < 1.29 is 13.2 Å². The second-order valence-corrected chi connectivity index (χ2v) is 10.0. The minimum Gasteiger partial charge on any atom is -0.322 e. The summed E-state index contributed by atoms with van der Waals surface area (Å²) in [7, 11) is -3.46. The maximum absolute atomic E-state index is 12.4. The van der Waals surface area contributed by atoms with Crippen molar-refractivity contribution in [2.45, 2.75) is 20.4 Å². The maximum atomic E-state index is 12.4. The summed E-state index contributed by atoms with van der Waals surface area (Å²) in [5, 5.41) is 2.85. The second-order valence-electron chi connectivity index (χ2n) is 7.20. The zero-order chi connectivity index (χ0) is 21.9. The molecule has 5 nitrogen and oxygen atoms in total. The van der Waals surface area contributed by atoms with Gasteiger partial charge in [-0.15, -0.1) is 0 Å². The van der Waals surface area contributed by atoms with Crippen molar-refractivity contribution >= 4 is 43.2 Å². The van der Waals surface area contributed by atoms with Crippen molar-refractivity contribution in [3.8, 4) is 0 Å². The van der Waals surface area contributed by atoms with Crippen LogP contribution in [0.4, 0.5) is 11.4 Å². The van der Waals surface area contributed by atoms with Gasteiger partial charge in [0, 0.05) is 15.7 Å². The molecule has 1 amide bonds. The van der Waals surface area contributed by atoms with E-state index in [1.54, 1.807) is 30.3 Å². The number of aryl methyl sites for hydroxylation is 2. The molecular formula is C23H23BrN2O3S. The van der Waals surface area contributed by atoms with Gasteiger partial charge in [0.25, 0.3) is 5.91 Å². The Labute approximate surface area is 185 Å². The lowest BCUT2D eigenvalue weighted by Gasteiger charge is -2.23. The van der Waals surface area contributed by atoms with Crippen molar-refractivity contribution in [2.75, 3.05) is 15.9 Å². The molecule has 0 aliphatic heterocycles. The van der Waals surface area contributed by atoms with Crippen LogP contribution < -0.4 is 9.62 Å². The largest absolute Gasteiger partial charge is 0.322 e. The zero-order valence-corrected chi connectivity index (χ0v) is 19.4. The third-order valence-electron chi connectivity index (χ3n) is 4.80. The second kappa shape index (κ2) is 9.02. The normalized spacial score (nSPS) is 11.2. The van der Waals surface area contributed by atoms with Gasteiger partial charge in [0.2, 0.25) is 10.0 Å². The van der Waals surface area contributed by atoms with Gasteiger partial charge in [0.1, 0.15) is 0 Å². The number of carbonyl (C=O) groups excluding carboxylic acids is 1. The van der Waals surface area contributed by atoms with E-state index >= 15 is 0 Å². The fourth-order valence-electron chi connectivity index (χ4n) is 2.97. The third kappa shape index (κ3) is 5.49. The van der Waals surface area contributed by atoms with E-state index in [0.29, 0.717) is 16.9 Å². The SMILES string of the molecule is Cc1ccc(N(Cc2ccc(NC(=O)c3cccc(Br)c3)cc2)S(C)(=O)=O)cc1C. The smallest absolute Gasteiger partial charge is 0.255 e. The van der Waals surface area contributed by atoms with Gasteiger partial charge in [-0.25, -0.2) is 8.42 Å². The van der Waals surface area contributed by atoms with Crippen LogP contribution in [0.2, 0.25) is 0 Å². The standard InChI is InChI=1S/C23H23BrN2O3S/c1-16-7-12-22(13-17(16)2)26(30(3,28)29)15-18-8-10-21(11-9-18)25-23(27)19-5-4-6-20(24)14-19/h4-14H,15H2,1-3H3,(H,25,27). The number of nitrogens with zero attached hydrogens (tertiary/aromatic N) is 1. The molecule has 0 radical (unpaired) electrons. The molecule has 7 heteroatoms. The predicted molar refractivity (Wildman–Crippen MR) is 125 cm³/mol. The molecule has 0 atom stereocenters. The average Bonchev–Trinajstić information content (AvgIpc) is 2.68. The van der Waals surface area contributed by atoms with Gasteiger partial charge in [-0.3, -0.25) is 9.10 Å². The van der Waals surface area contributed by atoms with E-state index in [-0.39, 0.29) is 12.5 Å². The monoisotopic (exact) mass is 486 g/mol. The summed E-state index contributed by atoms with van der Waals surface area (Å²) >= 11 is 3.36. The van der Waals surface area contributed by atoms with Crippen molar-refractivity contribution in [1.29, 1.82) is 0 Å². The summed E-state index contributed by atoms with van der Waals surface area (Å²) in [6.45, 7) is 4.16. The highest BCUT2D eigenvalue weighted by Gasteiger charge is 2.18. The molecule has 3 aromatic rings. The van der Waals surface area contributed by atoms with Gasteiger partial charge in [-0.2, -0.15) is 0 Å². The minimum atomic E-state index is -3.46. The molecule has 0 fully saturated rings. The third-order valence-corrected chi connectivity index (χ3v) is 6.44. The van der Waals surface area contributed by atoms with Crippen LogP contribution in [0.1, 0.15) is 27.0 Å². The first-order chi connectivity index (χ1) is 14.1. The Hall–Kier alpha value is -2.64. The maximum Gasteiger partial charge on any atom is 0.255 e. The summed E-state index contributed by atoms with van der Waals surface area (Å²) in [6.07, 6.45) is 1.20. The van der Waals surface area contributed by atoms with Crippen molar-refractivity contribution in [1.82, 2.24) is 0 Å². The predicted octanol–water partition coefficient (Wildman–Crippen LogP) is 5.28. The van der Waals surface area contributed by atoms with Gasteiger partial charge >= 0.3 is 0 Å². The number of carbonyl (C=O) groups is 1. The van der Waals surface area contributed by atoms with Crippen molar-refractivity contribution in [3.63, 3.8) is 0 Å². The van der Waals surface area contributed by atoms with E-state index < -0.39 is 10.0 Å². The summed E-state index contributed by atoms with van der Waals surface area (Å²) in [5.74, 6) is -0.211. The first kappa shape index (κ1) is 22.1. The molecule has 0 aromatic heterocycles. The lowest BCUT2D eigenvalue weighted by Crippen LogP contribution is -2.29. The Bertz CT molecular complexity index is 1180. The van der Waals surface area contributed by atoms with Gasteiger partial charge in [0.05, 0.1) is 18.5 Å². The molecule has 0 bridgehead atoms. The summed E-state index contributed by atoms with van der Waals surface area (Å²) < 4.78 is 27.0. The van der Waals surface area contributed by atoms with E-state index in [0.717, 1.165) is 21.2 Å². The van der Waals surface area contributed by atoms with Crippen molar-refractivity contribution in [2.24, 2.45) is 0 Å². The highest BCUT2D eigenvalue weighted by atomic mass is 79.9. The Morgan fingerprint density at radius 1 is 0.967 bits per heavy atom. The van der Waals surface area contributed by atoms with E-state index in [2.05, 4.69) is 21.2 Å². The fourth-order valence-corrected chi connectivity index (χ4v) is 4.25. The lowest BCUT2D eigenvalue weighted by molar-refractivity contribution is 0.102. The van der Waals surface area contributed by atoms with Crippen LogP contribution >= 0.6 is 15.9 Å². The molecule has 0 aliphatic rings. The molecule has 0 unspecified atom stereocenters. The number of anilines is 2. The van der Waals surface area contributed by atoms with Crippen LogP contribution in [-0.2, 0) is 16.6 Å². The molecule has 3 aromatic carbocycles. The molecule has 30 heavy (non-hydrogen) atoms. The minimum absolute atomic E-state index is 0.210. The number of hydrogen-bond acceptors (Lipinski definition) is 3. The zero-order valence-electron chi connectivity index (χ0n) is 17.0. The van der Waals surface area contributed by atoms with Crippen LogP contribution in [0.5, 0.6) is 0 Å². The molecule has 156 valence electrons. The number of rotatable bonds is 6. The molecule has 0 saturated heterocycles. The number of amides is 1. The fraction of sp³-hybridized carbons (Fsp3) is 0.174. The quantitative estimate of drug-likeness (QED) is 0.514. The molecule has 1 N–H and O–H groups in total. The molecule has 0 saturated carbocycles. The Balaban J connectivity index is 1.77. The first-order valence-electron chi connectivity index (χ1n) is 9.34. The number of nitrogens with one attached hydrogen (secondary N) is 1. The Kier molecular flexibility index (Phi) is 6.63. The van der Waals surface area contributed by atoms with E-state index in [4.69, 9.17) is 0 Å². The van der Waals surface area contributed by atoms with E-state index in [1.807, 2.05) is 50.2 Å². The molecule has 3 rings (SSSR count). The van der Waals surface area contributed by atoms with Crippen molar-refractivity contribution in [3.05, 3.63) is 93.5 Å². The first-order valence-corrected chi connectivity index (χ1v) is 12.0. The van der Waals surface area contributed by atoms with Crippen LogP contribution in [0.3, 0.4) is 0 Å². The number of hydrogen-bond donors (Lipinski definition) is 1. The van der Waals surface area contributed by atoms with E-state index in [9.17, 15) is 13.2 Å². The van der Waals surface area contributed by atoms with Gasteiger partial charge in [-0.05, 0) is 73.0 Å². The molecule has 0 spiro atoms. The highest BCUT2D eigenvalue weighted by molar-refractivity contribution is 9.10. The number of benzene rings is 3. The topological polar surface area (TPSA) is 66.5 Å². The number of sulfonamides is 1. The Morgan fingerprint density at radius 3 is 2.27 bits per heavy atom. The lowest BCUT2D eigenvalue weighted by atomic mass is 10.1. The molecule has 0 heterocycles. The van der Waals surface area contributed by atoms with Crippen LogP contribution in [-0.4, -0.2) is 20.6 Å². The molecule has 0 aliphatic carbocycles.